The molecular weight excluding hydrogens is 207 g/mol. The van der Waals surface area contributed by atoms with Crippen molar-refractivity contribution in [2.45, 2.75) is 12.5 Å². The van der Waals surface area contributed by atoms with Crippen molar-refractivity contribution in [1.29, 1.82) is 0 Å². The number of nitrogens with one attached hydrogen (secondary N) is 1. The largest absolute Gasteiger partial charge is 0.395 e. The summed E-state index contributed by atoms with van der Waals surface area (Å²) in [6.45, 7) is 1.71. The number of halogens is 1. The lowest BCUT2D eigenvalue weighted by Crippen LogP contribution is -2.41. The van der Waals surface area contributed by atoms with Crippen LogP contribution in [0.25, 0.3) is 0 Å². The quantitative estimate of drug-likeness (QED) is 0.793. The number of anilines is 1. The highest BCUT2D eigenvalue weighted by molar-refractivity contribution is 5.58. The van der Waals surface area contributed by atoms with Gasteiger partial charge in [-0.1, -0.05) is 6.07 Å². The van der Waals surface area contributed by atoms with E-state index >= 15 is 0 Å². The van der Waals surface area contributed by atoms with Crippen LogP contribution in [-0.4, -0.2) is 37.9 Å². The molecule has 1 atom stereocenters. The second-order valence-corrected chi connectivity index (χ2v) is 4.14. The number of aliphatic hydroxyl groups is 1. The normalized spacial score (nSPS) is 16.3. The summed E-state index contributed by atoms with van der Waals surface area (Å²) in [7, 11) is 1.82. The first-order chi connectivity index (χ1) is 7.74. The number of benzene rings is 1. The molecule has 0 aromatic heterocycles. The molecule has 3 nitrogen and oxygen atoms in total. The van der Waals surface area contributed by atoms with E-state index in [-0.39, 0.29) is 18.5 Å². The minimum absolute atomic E-state index is 0.0363. The predicted octanol–water partition coefficient (Wildman–Crippen LogP) is 0.769. The van der Waals surface area contributed by atoms with E-state index in [1.54, 1.807) is 6.07 Å². The van der Waals surface area contributed by atoms with E-state index in [0.717, 1.165) is 18.7 Å². The third-order valence-electron chi connectivity index (χ3n) is 3.11. The summed E-state index contributed by atoms with van der Waals surface area (Å²) in [4.78, 5) is 2.12. The standard InChI is InChI=1S/C12H17FN2O/c1-14-11(8-16)7-15-5-4-9-2-3-10(13)6-12(9)15/h2-3,6,11,14,16H,4-5,7-8H2,1H3. The Balaban J connectivity index is 2.13. The van der Waals surface area contributed by atoms with Crippen LogP contribution in [0.15, 0.2) is 18.2 Å². The molecule has 16 heavy (non-hydrogen) atoms. The van der Waals surface area contributed by atoms with Crippen LogP contribution < -0.4 is 10.2 Å². The Morgan fingerprint density at radius 1 is 1.56 bits per heavy atom. The van der Waals surface area contributed by atoms with E-state index in [9.17, 15) is 4.39 Å². The van der Waals surface area contributed by atoms with Crippen molar-refractivity contribution in [1.82, 2.24) is 5.32 Å². The summed E-state index contributed by atoms with van der Waals surface area (Å²) in [5.41, 5.74) is 2.16. The van der Waals surface area contributed by atoms with Gasteiger partial charge in [-0.2, -0.15) is 0 Å². The molecule has 0 saturated heterocycles. The minimum atomic E-state index is -0.198. The molecule has 0 radical (unpaired) electrons. The van der Waals surface area contributed by atoms with Crippen LogP contribution in [0.5, 0.6) is 0 Å². The van der Waals surface area contributed by atoms with Gasteiger partial charge in [-0.3, -0.25) is 0 Å². The number of hydrogen-bond acceptors (Lipinski definition) is 3. The minimum Gasteiger partial charge on any atom is -0.395 e. The van der Waals surface area contributed by atoms with Gasteiger partial charge in [-0.25, -0.2) is 4.39 Å². The molecule has 1 aliphatic heterocycles. The SMILES string of the molecule is CNC(CO)CN1CCc2ccc(F)cc21. The highest BCUT2D eigenvalue weighted by atomic mass is 19.1. The van der Waals surface area contributed by atoms with Crippen LogP contribution >= 0.6 is 0 Å². The third kappa shape index (κ3) is 2.18. The topological polar surface area (TPSA) is 35.5 Å². The number of likely N-dealkylation sites (N-methyl/N-ethyl adjacent to an activating group) is 1. The number of aliphatic hydroxyl groups excluding tert-OH is 1. The smallest absolute Gasteiger partial charge is 0.125 e. The maximum atomic E-state index is 13.1. The zero-order valence-electron chi connectivity index (χ0n) is 9.41. The molecule has 88 valence electrons. The molecule has 0 bridgehead atoms. The third-order valence-corrected chi connectivity index (χ3v) is 3.11. The molecule has 4 heteroatoms. The predicted molar refractivity (Wildman–Crippen MR) is 62.3 cm³/mol. The van der Waals surface area contributed by atoms with Gasteiger partial charge < -0.3 is 15.3 Å². The molecule has 2 N–H and O–H groups in total. The highest BCUT2D eigenvalue weighted by Crippen LogP contribution is 2.28. The van der Waals surface area contributed by atoms with E-state index < -0.39 is 0 Å². The van der Waals surface area contributed by atoms with Gasteiger partial charge in [0.1, 0.15) is 5.82 Å². The fourth-order valence-electron chi connectivity index (χ4n) is 2.11. The molecule has 1 aromatic rings. The number of hydrogen-bond donors (Lipinski definition) is 2. The van der Waals surface area contributed by atoms with E-state index in [4.69, 9.17) is 5.11 Å². The Kier molecular flexibility index (Phi) is 3.41. The lowest BCUT2D eigenvalue weighted by Gasteiger charge is -2.24. The Hall–Kier alpha value is -1.13. The molecule has 0 amide bonds. The second-order valence-electron chi connectivity index (χ2n) is 4.14. The Morgan fingerprint density at radius 3 is 3.06 bits per heavy atom. The summed E-state index contributed by atoms with van der Waals surface area (Å²) in [6, 6.07) is 4.96. The van der Waals surface area contributed by atoms with Gasteiger partial charge in [-0.05, 0) is 31.2 Å². The number of fused-ring (bicyclic) bond motifs is 1. The second kappa shape index (κ2) is 4.80. The van der Waals surface area contributed by atoms with Crippen molar-refractivity contribution < 1.29 is 9.50 Å². The zero-order valence-corrected chi connectivity index (χ0v) is 9.41. The Labute approximate surface area is 94.9 Å². The first-order valence-electron chi connectivity index (χ1n) is 5.56. The van der Waals surface area contributed by atoms with E-state index in [0.29, 0.717) is 6.54 Å². The van der Waals surface area contributed by atoms with Gasteiger partial charge in [0.25, 0.3) is 0 Å². The van der Waals surface area contributed by atoms with Gasteiger partial charge in [-0.15, -0.1) is 0 Å². The summed E-state index contributed by atoms with van der Waals surface area (Å²) in [5.74, 6) is -0.198. The first kappa shape index (κ1) is 11.4. The lowest BCUT2D eigenvalue weighted by atomic mass is 10.1. The van der Waals surface area contributed by atoms with Gasteiger partial charge in [0.05, 0.1) is 6.61 Å². The van der Waals surface area contributed by atoms with Crippen molar-refractivity contribution in [3.8, 4) is 0 Å². The maximum absolute atomic E-state index is 13.1. The monoisotopic (exact) mass is 224 g/mol. The van der Waals surface area contributed by atoms with Crippen molar-refractivity contribution in [3.05, 3.63) is 29.6 Å². The average Bonchev–Trinajstić information content (AvgIpc) is 2.68. The number of nitrogens with zero attached hydrogens (tertiary/aromatic N) is 1. The van der Waals surface area contributed by atoms with Crippen molar-refractivity contribution >= 4 is 5.69 Å². The Morgan fingerprint density at radius 2 is 2.38 bits per heavy atom. The van der Waals surface area contributed by atoms with Gasteiger partial charge >= 0.3 is 0 Å². The van der Waals surface area contributed by atoms with Gasteiger partial charge in [0.2, 0.25) is 0 Å². The molecule has 1 aromatic carbocycles. The average molecular weight is 224 g/mol. The summed E-state index contributed by atoms with van der Waals surface area (Å²) < 4.78 is 13.1. The number of rotatable bonds is 4. The maximum Gasteiger partial charge on any atom is 0.125 e. The van der Waals surface area contributed by atoms with E-state index in [1.807, 2.05) is 13.1 Å². The molecule has 0 aliphatic carbocycles. The first-order valence-corrected chi connectivity index (χ1v) is 5.56. The highest BCUT2D eigenvalue weighted by Gasteiger charge is 2.21. The fraction of sp³-hybridized carbons (Fsp3) is 0.500. The van der Waals surface area contributed by atoms with Crippen LogP contribution in [0.3, 0.4) is 0 Å². The molecule has 1 unspecified atom stereocenters. The van der Waals surface area contributed by atoms with Crippen LogP contribution in [0.1, 0.15) is 5.56 Å². The molecule has 0 spiro atoms. The van der Waals surface area contributed by atoms with Crippen molar-refractivity contribution in [2.24, 2.45) is 0 Å². The van der Waals surface area contributed by atoms with E-state index in [2.05, 4.69) is 10.2 Å². The van der Waals surface area contributed by atoms with Gasteiger partial charge in [0.15, 0.2) is 0 Å². The molecule has 0 saturated carbocycles. The molecule has 1 aliphatic rings. The van der Waals surface area contributed by atoms with E-state index in [1.165, 1.54) is 11.6 Å². The lowest BCUT2D eigenvalue weighted by molar-refractivity contribution is 0.250. The zero-order chi connectivity index (χ0) is 11.5. The summed E-state index contributed by atoms with van der Waals surface area (Å²) in [5, 5.41) is 12.2. The van der Waals surface area contributed by atoms with Crippen LogP contribution in [0, 0.1) is 5.82 Å². The summed E-state index contributed by atoms with van der Waals surface area (Å²) in [6.07, 6.45) is 0.956. The molecule has 0 fully saturated rings. The van der Waals surface area contributed by atoms with Crippen LogP contribution in [0.4, 0.5) is 10.1 Å². The Bertz CT molecular complexity index is 366. The van der Waals surface area contributed by atoms with Gasteiger partial charge in [0, 0.05) is 24.8 Å². The molecule has 2 rings (SSSR count). The fourth-order valence-corrected chi connectivity index (χ4v) is 2.11. The van der Waals surface area contributed by atoms with Crippen LogP contribution in [-0.2, 0) is 6.42 Å². The molecular formula is C12H17FN2O. The van der Waals surface area contributed by atoms with Crippen molar-refractivity contribution in [3.63, 3.8) is 0 Å². The van der Waals surface area contributed by atoms with Crippen LogP contribution in [0.2, 0.25) is 0 Å². The molecule has 1 heterocycles. The van der Waals surface area contributed by atoms with Crippen molar-refractivity contribution in [2.75, 3.05) is 31.6 Å². The summed E-state index contributed by atoms with van der Waals surface area (Å²) >= 11 is 0.